The molecule has 0 saturated carbocycles. The molecule has 120 valence electrons. The number of nitrogens with one attached hydrogen (secondary N) is 1. The van der Waals surface area contributed by atoms with E-state index in [1.54, 1.807) is 18.2 Å². The van der Waals surface area contributed by atoms with E-state index in [4.69, 9.17) is 4.74 Å². The van der Waals surface area contributed by atoms with Crippen molar-refractivity contribution in [3.63, 3.8) is 0 Å². The normalized spacial score (nSPS) is 16.3. The highest BCUT2D eigenvalue weighted by molar-refractivity contribution is 5.85. The highest BCUT2D eigenvalue weighted by Crippen LogP contribution is 2.25. The Bertz CT molecular complexity index is 443. The Morgan fingerprint density at radius 2 is 2.05 bits per heavy atom. The van der Waals surface area contributed by atoms with Crippen LogP contribution in [0.1, 0.15) is 18.5 Å². The van der Waals surface area contributed by atoms with Crippen molar-refractivity contribution in [3.05, 3.63) is 29.8 Å². The molecule has 1 aliphatic heterocycles. The summed E-state index contributed by atoms with van der Waals surface area (Å²) in [6, 6.07) is 6.85. The molecule has 0 aliphatic carbocycles. The number of hydrogen-bond donors (Lipinski definition) is 1. The third-order valence-corrected chi connectivity index (χ3v) is 3.24. The highest BCUT2D eigenvalue weighted by Gasteiger charge is 2.22. The predicted octanol–water partition coefficient (Wildman–Crippen LogP) is 2.37. The van der Waals surface area contributed by atoms with Gasteiger partial charge in [-0.05, 0) is 17.7 Å². The Hall–Kier alpha value is -0.880. The van der Waals surface area contributed by atoms with Gasteiger partial charge in [-0.3, -0.25) is 9.69 Å². The lowest BCUT2D eigenvalue weighted by atomic mass is 10.1. The molecule has 7 heteroatoms. The molecule has 21 heavy (non-hydrogen) atoms. The summed E-state index contributed by atoms with van der Waals surface area (Å²) in [5.74, 6) is 0.106. The maximum atomic E-state index is 13.4. The summed E-state index contributed by atoms with van der Waals surface area (Å²) in [6.45, 7) is 4.32. The number of nitrogens with zero attached hydrogens (tertiary/aromatic N) is 1. The van der Waals surface area contributed by atoms with Crippen molar-refractivity contribution in [2.45, 2.75) is 13.0 Å². The van der Waals surface area contributed by atoms with E-state index in [9.17, 15) is 9.18 Å². The Balaban J connectivity index is 0.00000200. The molecule has 1 aromatic rings. The summed E-state index contributed by atoms with van der Waals surface area (Å²) in [7, 11) is 0. The van der Waals surface area contributed by atoms with Gasteiger partial charge in [0.05, 0.1) is 6.04 Å². The second kappa shape index (κ2) is 9.95. The Morgan fingerprint density at radius 1 is 1.38 bits per heavy atom. The molecule has 1 aromatic carbocycles. The van der Waals surface area contributed by atoms with Crippen molar-refractivity contribution in [2.24, 2.45) is 0 Å². The molecule has 0 amide bonds. The second-order valence-corrected chi connectivity index (χ2v) is 4.62. The van der Waals surface area contributed by atoms with Crippen molar-refractivity contribution in [1.82, 2.24) is 10.2 Å². The molecular weight excluding hydrogens is 318 g/mol. The predicted molar refractivity (Wildman–Crippen MR) is 85.4 cm³/mol. The Kier molecular flexibility index (Phi) is 9.53. The quantitative estimate of drug-likeness (QED) is 0.676. The monoisotopic (exact) mass is 338 g/mol. The minimum Gasteiger partial charge on any atom is -0.427 e. The number of esters is 1. The average Bonchev–Trinajstić information content (AvgIpc) is 2.40. The maximum absolute atomic E-state index is 13.4. The molecule has 0 radical (unpaired) electrons. The van der Waals surface area contributed by atoms with Gasteiger partial charge in [0, 0.05) is 33.1 Å². The first-order chi connectivity index (χ1) is 9.20. The van der Waals surface area contributed by atoms with Crippen LogP contribution >= 0.6 is 24.8 Å². The largest absolute Gasteiger partial charge is 0.427 e. The number of rotatable bonds is 4. The van der Waals surface area contributed by atoms with Gasteiger partial charge in [0.25, 0.3) is 0 Å². The van der Waals surface area contributed by atoms with Crippen LogP contribution in [-0.2, 0) is 4.79 Å². The smallest absolute Gasteiger partial charge is 0.308 e. The van der Waals surface area contributed by atoms with E-state index in [0.29, 0.717) is 5.75 Å². The number of alkyl halides is 1. The number of benzene rings is 1. The molecule has 1 fully saturated rings. The summed E-state index contributed by atoms with van der Waals surface area (Å²) < 4.78 is 18.4. The minimum atomic E-state index is -0.441. The van der Waals surface area contributed by atoms with Gasteiger partial charge in [0.15, 0.2) is 0 Å². The molecule has 1 N–H and O–H groups in total. The summed E-state index contributed by atoms with van der Waals surface area (Å²) >= 11 is 0. The fourth-order valence-corrected chi connectivity index (χ4v) is 2.34. The van der Waals surface area contributed by atoms with Gasteiger partial charge in [-0.1, -0.05) is 12.1 Å². The maximum Gasteiger partial charge on any atom is 0.308 e. The van der Waals surface area contributed by atoms with Crippen LogP contribution in [0.3, 0.4) is 0 Å². The lowest BCUT2D eigenvalue weighted by molar-refractivity contribution is -0.131. The zero-order valence-electron chi connectivity index (χ0n) is 11.9. The molecule has 1 heterocycles. The fourth-order valence-electron chi connectivity index (χ4n) is 2.34. The van der Waals surface area contributed by atoms with E-state index in [-0.39, 0.29) is 36.8 Å². The summed E-state index contributed by atoms with van der Waals surface area (Å²) in [5, 5.41) is 3.25. The first kappa shape index (κ1) is 20.1. The number of piperazine rings is 1. The minimum absolute atomic E-state index is 0. The number of halogens is 3. The molecule has 0 bridgehead atoms. The van der Waals surface area contributed by atoms with Crippen LogP contribution in [-0.4, -0.2) is 43.7 Å². The second-order valence-electron chi connectivity index (χ2n) is 4.62. The van der Waals surface area contributed by atoms with Crippen LogP contribution in [0.25, 0.3) is 0 Å². The SMILES string of the molecule is CC(=O)Oc1cccc([C@H](CF)N2CCNCC2)c1.Cl.Cl. The third kappa shape index (κ3) is 5.79. The van der Waals surface area contributed by atoms with E-state index in [1.165, 1.54) is 6.92 Å². The first-order valence-corrected chi connectivity index (χ1v) is 6.50. The van der Waals surface area contributed by atoms with Gasteiger partial charge >= 0.3 is 5.97 Å². The van der Waals surface area contributed by atoms with E-state index in [1.807, 2.05) is 6.07 Å². The molecule has 1 saturated heterocycles. The van der Waals surface area contributed by atoms with E-state index in [0.717, 1.165) is 31.7 Å². The van der Waals surface area contributed by atoms with E-state index >= 15 is 0 Å². The number of carbonyl (C=O) groups excluding carboxylic acids is 1. The summed E-state index contributed by atoms with van der Waals surface area (Å²) in [4.78, 5) is 13.1. The number of hydrogen-bond acceptors (Lipinski definition) is 4. The van der Waals surface area contributed by atoms with Gasteiger partial charge in [0.1, 0.15) is 12.4 Å². The van der Waals surface area contributed by atoms with Crippen molar-refractivity contribution in [2.75, 3.05) is 32.9 Å². The number of ether oxygens (including phenoxy) is 1. The average molecular weight is 339 g/mol. The fraction of sp³-hybridized carbons (Fsp3) is 0.500. The van der Waals surface area contributed by atoms with Crippen LogP contribution in [0.4, 0.5) is 4.39 Å². The van der Waals surface area contributed by atoms with Gasteiger partial charge in [0.2, 0.25) is 0 Å². The van der Waals surface area contributed by atoms with Crippen LogP contribution in [0, 0.1) is 0 Å². The van der Waals surface area contributed by atoms with E-state index < -0.39 is 6.67 Å². The van der Waals surface area contributed by atoms with Crippen LogP contribution in [0.5, 0.6) is 5.75 Å². The third-order valence-electron chi connectivity index (χ3n) is 3.24. The molecule has 0 aromatic heterocycles. The van der Waals surface area contributed by atoms with E-state index in [2.05, 4.69) is 10.2 Å². The lowest BCUT2D eigenvalue weighted by Crippen LogP contribution is -2.45. The van der Waals surface area contributed by atoms with Crippen molar-refractivity contribution >= 4 is 30.8 Å². The topological polar surface area (TPSA) is 41.6 Å². The highest BCUT2D eigenvalue weighted by atomic mass is 35.5. The Labute approximate surface area is 136 Å². The number of carbonyl (C=O) groups is 1. The molecular formula is C14H21Cl2FN2O2. The zero-order chi connectivity index (χ0) is 13.7. The Morgan fingerprint density at radius 3 is 2.62 bits per heavy atom. The molecule has 4 nitrogen and oxygen atoms in total. The standard InChI is InChI=1S/C14H19FN2O2.2ClH/c1-11(18)19-13-4-2-3-12(9-13)14(10-15)17-7-5-16-6-8-17;;/h2-4,9,14,16H,5-8,10H2,1H3;2*1H/t14-;;/m0../s1. The van der Waals surface area contributed by atoms with Crippen LogP contribution in [0.15, 0.2) is 24.3 Å². The van der Waals surface area contributed by atoms with Crippen LogP contribution < -0.4 is 10.1 Å². The summed E-state index contributed by atoms with van der Waals surface area (Å²) in [6.07, 6.45) is 0. The van der Waals surface area contributed by atoms with Gasteiger partial charge in [-0.15, -0.1) is 24.8 Å². The van der Waals surface area contributed by atoms with Gasteiger partial charge in [-0.25, -0.2) is 4.39 Å². The van der Waals surface area contributed by atoms with Gasteiger partial charge < -0.3 is 10.1 Å². The van der Waals surface area contributed by atoms with Crippen molar-refractivity contribution < 1.29 is 13.9 Å². The molecule has 1 atom stereocenters. The zero-order valence-corrected chi connectivity index (χ0v) is 13.5. The first-order valence-electron chi connectivity index (χ1n) is 6.50. The molecule has 1 aliphatic rings. The lowest BCUT2D eigenvalue weighted by Gasteiger charge is -2.33. The summed E-state index contributed by atoms with van der Waals surface area (Å²) in [5.41, 5.74) is 0.850. The van der Waals surface area contributed by atoms with Gasteiger partial charge in [-0.2, -0.15) is 0 Å². The molecule has 0 spiro atoms. The van der Waals surface area contributed by atoms with Crippen molar-refractivity contribution in [3.8, 4) is 5.75 Å². The molecule has 2 rings (SSSR count). The molecule has 0 unspecified atom stereocenters. The van der Waals surface area contributed by atoms with Crippen molar-refractivity contribution in [1.29, 1.82) is 0 Å². The van der Waals surface area contributed by atoms with Crippen LogP contribution in [0.2, 0.25) is 0 Å².